The first kappa shape index (κ1) is 21.6. The van der Waals surface area contributed by atoms with Crippen molar-refractivity contribution in [3.8, 4) is 0 Å². The van der Waals surface area contributed by atoms with Gasteiger partial charge in [0.15, 0.2) is 4.34 Å². The fraction of sp³-hybridized carbons (Fsp3) is 0.500. The Bertz CT molecular complexity index is 812. The van der Waals surface area contributed by atoms with Gasteiger partial charge in [-0.25, -0.2) is 4.79 Å². The zero-order valence-electron chi connectivity index (χ0n) is 16.8. The van der Waals surface area contributed by atoms with E-state index in [9.17, 15) is 9.59 Å². The first-order valence-corrected chi connectivity index (χ1v) is 11.6. The molecule has 1 atom stereocenters. The molecular formula is C20H27N5O2S2. The highest BCUT2D eigenvalue weighted by atomic mass is 32.2. The average molecular weight is 434 g/mol. The molecule has 2 aromatic rings. The van der Waals surface area contributed by atoms with E-state index in [0.717, 1.165) is 35.8 Å². The van der Waals surface area contributed by atoms with Crippen LogP contribution in [-0.4, -0.2) is 64.9 Å². The predicted molar refractivity (Wildman–Crippen MR) is 117 cm³/mol. The lowest BCUT2D eigenvalue weighted by Crippen LogP contribution is -2.47. The topological polar surface area (TPSA) is 78.4 Å². The SMILES string of the molecule is CN(C)C(=O)N1CCC[C@H](C(=O)Nc2nnc(SCCCc3ccccc3)s2)C1. The Morgan fingerprint density at radius 2 is 2.07 bits per heavy atom. The number of anilines is 1. The van der Waals surface area contributed by atoms with Crippen molar-refractivity contribution in [2.24, 2.45) is 5.92 Å². The number of likely N-dealkylation sites (tertiary alicyclic amines) is 1. The van der Waals surface area contributed by atoms with Crippen molar-refractivity contribution in [3.63, 3.8) is 0 Å². The molecule has 3 rings (SSSR count). The number of urea groups is 1. The van der Waals surface area contributed by atoms with Crippen molar-refractivity contribution in [2.45, 2.75) is 30.0 Å². The van der Waals surface area contributed by atoms with Crippen LogP contribution in [0.4, 0.5) is 9.93 Å². The molecule has 0 bridgehead atoms. The molecule has 1 aromatic carbocycles. The Morgan fingerprint density at radius 3 is 2.83 bits per heavy atom. The van der Waals surface area contributed by atoms with Gasteiger partial charge in [0.05, 0.1) is 5.92 Å². The maximum atomic E-state index is 12.6. The molecular weight excluding hydrogens is 406 g/mol. The summed E-state index contributed by atoms with van der Waals surface area (Å²) in [4.78, 5) is 28.0. The molecule has 0 radical (unpaired) electrons. The summed E-state index contributed by atoms with van der Waals surface area (Å²) in [6.45, 7) is 1.14. The minimum absolute atomic E-state index is 0.0485. The molecule has 1 aliphatic rings. The molecule has 1 aromatic heterocycles. The zero-order chi connectivity index (χ0) is 20.6. The highest BCUT2D eigenvalue weighted by Crippen LogP contribution is 2.27. The number of hydrogen-bond donors (Lipinski definition) is 1. The third-order valence-corrected chi connectivity index (χ3v) is 6.82. The second-order valence-electron chi connectivity index (χ2n) is 7.26. The molecule has 7 nitrogen and oxygen atoms in total. The Kier molecular flexibility index (Phi) is 7.88. The molecule has 0 saturated carbocycles. The van der Waals surface area contributed by atoms with Crippen LogP contribution in [0.5, 0.6) is 0 Å². The number of nitrogens with zero attached hydrogens (tertiary/aromatic N) is 4. The molecule has 3 amide bonds. The number of carbonyl (C=O) groups excluding carboxylic acids is 2. The molecule has 29 heavy (non-hydrogen) atoms. The summed E-state index contributed by atoms with van der Waals surface area (Å²) in [6, 6.07) is 10.4. The number of nitrogens with one attached hydrogen (secondary N) is 1. The number of piperidine rings is 1. The molecule has 0 spiro atoms. The fourth-order valence-electron chi connectivity index (χ4n) is 3.25. The van der Waals surface area contributed by atoms with Gasteiger partial charge in [-0.15, -0.1) is 10.2 Å². The van der Waals surface area contributed by atoms with E-state index in [0.29, 0.717) is 18.2 Å². The van der Waals surface area contributed by atoms with Crippen LogP contribution in [0.1, 0.15) is 24.8 Å². The van der Waals surface area contributed by atoms with Crippen LogP contribution in [-0.2, 0) is 11.2 Å². The largest absolute Gasteiger partial charge is 0.331 e. The van der Waals surface area contributed by atoms with Gasteiger partial charge in [0.2, 0.25) is 11.0 Å². The van der Waals surface area contributed by atoms with E-state index in [1.54, 1.807) is 35.7 Å². The van der Waals surface area contributed by atoms with Crippen LogP contribution in [0.25, 0.3) is 0 Å². The minimum Gasteiger partial charge on any atom is -0.331 e. The van der Waals surface area contributed by atoms with Gasteiger partial charge < -0.3 is 15.1 Å². The third-order valence-electron chi connectivity index (χ3n) is 4.76. The van der Waals surface area contributed by atoms with E-state index in [2.05, 4.69) is 39.8 Å². The van der Waals surface area contributed by atoms with Gasteiger partial charge in [-0.05, 0) is 31.2 Å². The summed E-state index contributed by atoms with van der Waals surface area (Å²) >= 11 is 3.07. The minimum atomic E-state index is -0.210. The Hall–Kier alpha value is -2.13. The van der Waals surface area contributed by atoms with Gasteiger partial charge >= 0.3 is 6.03 Å². The van der Waals surface area contributed by atoms with Crippen molar-refractivity contribution in [1.29, 1.82) is 0 Å². The number of aryl methyl sites for hydroxylation is 1. The average Bonchev–Trinajstić information content (AvgIpc) is 3.18. The quantitative estimate of drug-likeness (QED) is 0.410. The van der Waals surface area contributed by atoms with Crippen LogP contribution in [0.15, 0.2) is 34.7 Å². The Morgan fingerprint density at radius 1 is 1.28 bits per heavy atom. The van der Waals surface area contributed by atoms with E-state index >= 15 is 0 Å². The molecule has 1 N–H and O–H groups in total. The summed E-state index contributed by atoms with van der Waals surface area (Å²) in [6.07, 6.45) is 3.72. The highest BCUT2D eigenvalue weighted by Gasteiger charge is 2.29. The van der Waals surface area contributed by atoms with E-state index < -0.39 is 0 Å². The van der Waals surface area contributed by atoms with Crippen molar-refractivity contribution in [3.05, 3.63) is 35.9 Å². The number of rotatable bonds is 7. The first-order valence-electron chi connectivity index (χ1n) is 9.80. The first-order chi connectivity index (χ1) is 14.0. The van der Waals surface area contributed by atoms with Crippen LogP contribution in [0.2, 0.25) is 0 Å². The predicted octanol–water partition coefficient (Wildman–Crippen LogP) is 3.60. The summed E-state index contributed by atoms with van der Waals surface area (Å²) in [7, 11) is 3.46. The molecule has 156 valence electrons. The molecule has 2 heterocycles. The van der Waals surface area contributed by atoms with E-state index in [1.165, 1.54) is 16.9 Å². The standard InChI is InChI=1S/C20H27N5O2S2/c1-24(2)20(27)25-12-6-11-16(14-25)17(26)21-18-22-23-19(29-18)28-13-7-10-15-8-4-3-5-9-15/h3-5,8-9,16H,6-7,10-14H2,1-2H3,(H,21,22,26)/t16-/m0/s1. The number of aromatic nitrogens is 2. The third kappa shape index (κ3) is 6.43. The smallest absolute Gasteiger partial charge is 0.319 e. The summed E-state index contributed by atoms with van der Waals surface area (Å²) in [5.41, 5.74) is 1.34. The van der Waals surface area contributed by atoms with E-state index in [4.69, 9.17) is 0 Å². The van der Waals surface area contributed by atoms with Crippen molar-refractivity contribution in [2.75, 3.05) is 38.3 Å². The number of hydrogen-bond acceptors (Lipinski definition) is 6. The van der Waals surface area contributed by atoms with E-state index in [1.807, 2.05) is 6.07 Å². The van der Waals surface area contributed by atoms with Gasteiger partial charge in [-0.3, -0.25) is 4.79 Å². The summed E-state index contributed by atoms with van der Waals surface area (Å²) in [5, 5.41) is 11.7. The molecule has 0 aliphatic carbocycles. The normalized spacial score (nSPS) is 16.5. The maximum Gasteiger partial charge on any atom is 0.319 e. The van der Waals surface area contributed by atoms with Crippen LogP contribution in [0, 0.1) is 5.92 Å². The highest BCUT2D eigenvalue weighted by molar-refractivity contribution is 8.01. The number of amides is 3. The second-order valence-corrected chi connectivity index (χ2v) is 9.58. The summed E-state index contributed by atoms with van der Waals surface area (Å²) < 4.78 is 0.862. The molecule has 1 fully saturated rings. The molecule has 9 heteroatoms. The van der Waals surface area contributed by atoms with Crippen molar-refractivity contribution >= 4 is 40.2 Å². The monoisotopic (exact) mass is 433 g/mol. The van der Waals surface area contributed by atoms with Crippen molar-refractivity contribution in [1.82, 2.24) is 20.0 Å². The zero-order valence-corrected chi connectivity index (χ0v) is 18.5. The van der Waals surface area contributed by atoms with Gasteiger partial charge in [-0.2, -0.15) is 0 Å². The van der Waals surface area contributed by atoms with Crippen LogP contribution in [0.3, 0.4) is 0 Å². The lowest BCUT2D eigenvalue weighted by molar-refractivity contribution is -0.121. The van der Waals surface area contributed by atoms with Gasteiger partial charge in [0.25, 0.3) is 0 Å². The Labute approximate surface area is 179 Å². The lowest BCUT2D eigenvalue weighted by atomic mass is 9.97. The van der Waals surface area contributed by atoms with Gasteiger partial charge in [-0.1, -0.05) is 53.4 Å². The molecule has 1 saturated heterocycles. The Balaban J connectivity index is 1.43. The molecule has 1 aliphatic heterocycles. The second kappa shape index (κ2) is 10.6. The maximum absolute atomic E-state index is 12.6. The van der Waals surface area contributed by atoms with Crippen LogP contribution < -0.4 is 5.32 Å². The van der Waals surface area contributed by atoms with Gasteiger partial charge in [0, 0.05) is 32.9 Å². The fourth-order valence-corrected chi connectivity index (χ4v) is 5.02. The number of benzene rings is 1. The number of carbonyl (C=O) groups is 2. The summed E-state index contributed by atoms with van der Waals surface area (Å²) in [5.74, 6) is 0.665. The van der Waals surface area contributed by atoms with Gasteiger partial charge in [0.1, 0.15) is 0 Å². The van der Waals surface area contributed by atoms with E-state index in [-0.39, 0.29) is 17.9 Å². The molecule has 0 unspecified atom stereocenters. The lowest BCUT2D eigenvalue weighted by Gasteiger charge is -2.33. The van der Waals surface area contributed by atoms with Crippen LogP contribution >= 0.6 is 23.1 Å². The van der Waals surface area contributed by atoms with Crippen molar-refractivity contribution < 1.29 is 9.59 Å². The number of thioether (sulfide) groups is 1.